The first-order valence-corrected chi connectivity index (χ1v) is 8.92. The van der Waals surface area contributed by atoms with Gasteiger partial charge in [0.2, 0.25) is 11.8 Å². The molecule has 0 radical (unpaired) electrons. The topological polar surface area (TPSA) is 87.3 Å². The van der Waals surface area contributed by atoms with Crippen molar-refractivity contribution >= 4 is 17.5 Å². The average Bonchev–Trinajstić information content (AvgIpc) is 3.21. The molecular weight excluding hydrogens is 332 g/mol. The van der Waals surface area contributed by atoms with Crippen molar-refractivity contribution in [3.05, 3.63) is 42.0 Å². The predicted molar refractivity (Wildman–Crippen MR) is 96.1 cm³/mol. The van der Waals surface area contributed by atoms with Crippen LogP contribution in [-0.4, -0.2) is 46.9 Å². The minimum atomic E-state index is -0.450. The molecule has 4 rings (SSSR count). The minimum absolute atomic E-state index is 0.0206. The zero-order chi connectivity index (χ0) is 18.1. The van der Waals surface area contributed by atoms with Gasteiger partial charge in [-0.25, -0.2) is 4.98 Å². The Labute approximate surface area is 151 Å². The molecule has 2 amide bonds. The number of nitrogens with zero attached hydrogens (tertiary/aromatic N) is 2. The number of anilines is 1. The second-order valence-corrected chi connectivity index (χ2v) is 6.80. The summed E-state index contributed by atoms with van der Waals surface area (Å²) in [6.07, 6.45) is 5.53. The third-order valence-electron chi connectivity index (χ3n) is 5.32. The summed E-state index contributed by atoms with van der Waals surface area (Å²) in [5, 5.41) is 2.85. The van der Waals surface area contributed by atoms with E-state index in [9.17, 15) is 9.59 Å². The number of amides is 2. The molecule has 1 aromatic heterocycles. The number of benzene rings is 1. The maximum atomic E-state index is 13.1. The Balaban J connectivity index is 1.52. The number of nitrogens with one attached hydrogen (secondary N) is 2. The zero-order valence-corrected chi connectivity index (χ0v) is 14.7. The fraction of sp³-hybridized carbons (Fsp3) is 0.421. The lowest BCUT2D eigenvalue weighted by Gasteiger charge is -2.35. The van der Waals surface area contributed by atoms with Crippen molar-refractivity contribution in [3.8, 4) is 5.75 Å². The first-order valence-electron chi connectivity index (χ1n) is 8.92. The summed E-state index contributed by atoms with van der Waals surface area (Å²) in [6.45, 7) is 1.36. The molecule has 3 heterocycles. The molecule has 0 unspecified atom stereocenters. The summed E-state index contributed by atoms with van der Waals surface area (Å²) in [5.41, 5.74) is 1.46. The monoisotopic (exact) mass is 354 g/mol. The van der Waals surface area contributed by atoms with Gasteiger partial charge in [-0.15, -0.1) is 0 Å². The van der Waals surface area contributed by atoms with E-state index in [1.54, 1.807) is 19.4 Å². The van der Waals surface area contributed by atoms with Crippen LogP contribution in [0.25, 0.3) is 0 Å². The van der Waals surface area contributed by atoms with Crippen LogP contribution in [-0.2, 0) is 9.59 Å². The molecule has 7 heteroatoms. The Morgan fingerprint density at radius 2 is 2.12 bits per heavy atom. The van der Waals surface area contributed by atoms with E-state index in [1.165, 1.54) is 0 Å². The fourth-order valence-electron chi connectivity index (χ4n) is 3.94. The summed E-state index contributed by atoms with van der Waals surface area (Å²) in [6, 6.07) is 5.55. The van der Waals surface area contributed by atoms with E-state index in [4.69, 9.17) is 4.74 Å². The van der Waals surface area contributed by atoms with Crippen LogP contribution in [0.2, 0.25) is 0 Å². The number of aromatic nitrogens is 2. The van der Waals surface area contributed by atoms with E-state index in [1.807, 2.05) is 23.2 Å². The van der Waals surface area contributed by atoms with Crippen molar-refractivity contribution in [1.82, 2.24) is 14.9 Å². The van der Waals surface area contributed by atoms with Gasteiger partial charge in [0.15, 0.2) is 0 Å². The van der Waals surface area contributed by atoms with Crippen LogP contribution in [0, 0.1) is 0 Å². The number of piperidine rings is 1. The molecule has 1 saturated heterocycles. The number of H-pyrrole nitrogens is 1. The maximum absolute atomic E-state index is 13.1. The summed E-state index contributed by atoms with van der Waals surface area (Å²) >= 11 is 0. The van der Waals surface area contributed by atoms with Crippen LogP contribution in [0.1, 0.15) is 42.5 Å². The number of carbonyl (C=O) groups is 2. The molecule has 1 fully saturated rings. The van der Waals surface area contributed by atoms with Crippen molar-refractivity contribution < 1.29 is 14.3 Å². The number of imidazole rings is 1. The highest BCUT2D eigenvalue weighted by atomic mass is 16.5. The Bertz CT molecular complexity index is 810. The summed E-state index contributed by atoms with van der Waals surface area (Å²) in [7, 11) is 1.56. The highest BCUT2D eigenvalue weighted by Crippen LogP contribution is 2.40. The fourth-order valence-corrected chi connectivity index (χ4v) is 3.94. The van der Waals surface area contributed by atoms with E-state index in [0.29, 0.717) is 30.4 Å². The highest BCUT2D eigenvalue weighted by molar-refractivity contribution is 6.02. The van der Waals surface area contributed by atoms with Crippen molar-refractivity contribution in [1.29, 1.82) is 0 Å². The molecule has 0 saturated carbocycles. The molecule has 1 aromatic carbocycles. The van der Waals surface area contributed by atoms with E-state index < -0.39 is 5.92 Å². The molecule has 0 aliphatic carbocycles. The number of aromatic amines is 1. The first kappa shape index (κ1) is 16.6. The summed E-state index contributed by atoms with van der Waals surface area (Å²) in [4.78, 5) is 34.7. The number of rotatable bonds is 3. The van der Waals surface area contributed by atoms with Gasteiger partial charge in [-0.3, -0.25) is 9.59 Å². The van der Waals surface area contributed by atoms with Crippen molar-refractivity contribution in [2.75, 3.05) is 25.5 Å². The Hall–Kier alpha value is -2.83. The number of methoxy groups -OCH3 is 1. The minimum Gasteiger partial charge on any atom is -0.495 e. The molecule has 0 bridgehead atoms. The lowest BCUT2D eigenvalue weighted by Crippen LogP contribution is -2.42. The van der Waals surface area contributed by atoms with E-state index >= 15 is 0 Å². The molecule has 2 aromatic rings. The largest absolute Gasteiger partial charge is 0.495 e. The predicted octanol–water partition coefficient (Wildman–Crippen LogP) is 2.25. The van der Waals surface area contributed by atoms with Crippen molar-refractivity contribution in [2.45, 2.75) is 31.1 Å². The van der Waals surface area contributed by atoms with E-state index in [-0.39, 0.29) is 18.2 Å². The molecule has 1 atom stereocenters. The highest BCUT2D eigenvalue weighted by Gasteiger charge is 2.36. The maximum Gasteiger partial charge on any atom is 0.230 e. The smallest absolute Gasteiger partial charge is 0.230 e. The second kappa shape index (κ2) is 6.82. The van der Waals surface area contributed by atoms with Crippen LogP contribution >= 0.6 is 0 Å². The number of ether oxygens (including phenoxy) is 1. The first-order chi connectivity index (χ1) is 12.7. The molecule has 2 aliphatic rings. The van der Waals surface area contributed by atoms with Crippen LogP contribution in [0.15, 0.2) is 30.6 Å². The van der Waals surface area contributed by atoms with E-state index in [2.05, 4.69) is 15.3 Å². The van der Waals surface area contributed by atoms with Crippen LogP contribution < -0.4 is 10.1 Å². The molecular formula is C19H22N4O3. The number of hydrogen-bond donors (Lipinski definition) is 2. The zero-order valence-electron chi connectivity index (χ0n) is 14.7. The third-order valence-corrected chi connectivity index (χ3v) is 5.32. The second-order valence-electron chi connectivity index (χ2n) is 6.80. The molecule has 2 N–H and O–H groups in total. The van der Waals surface area contributed by atoms with Crippen LogP contribution in [0.4, 0.5) is 5.69 Å². The van der Waals surface area contributed by atoms with Crippen molar-refractivity contribution in [3.63, 3.8) is 0 Å². The van der Waals surface area contributed by atoms with Gasteiger partial charge in [0.05, 0.1) is 18.7 Å². The molecule has 2 aliphatic heterocycles. The summed E-state index contributed by atoms with van der Waals surface area (Å²) < 4.78 is 5.34. The van der Waals surface area contributed by atoms with Gasteiger partial charge in [-0.2, -0.15) is 0 Å². The lowest BCUT2D eigenvalue weighted by atomic mass is 9.87. The Morgan fingerprint density at radius 3 is 2.81 bits per heavy atom. The number of fused-ring (bicyclic) bond motifs is 1. The SMILES string of the molecule is COc1cccc2c1NC(=O)C[C@@H]2C(=O)N1CCC(c2ncc[nH]2)CC1. The van der Waals surface area contributed by atoms with Gasteiger partial charge in [0, 0.05) is 37.8 Å². The number of likely N-dealkylation sites (tertiary alicyclic amines) is 1. The lowest BCUT2D eigenvalue weighted by molar-refractivity contribution is -0.136. The van der Waals surface area contributed by atoms with Gasteiger partial charge in [-0.05, 0) is 24.5 Å². The van der Waals surface area contributed by atoms with Crippen LogP contribution in [0.5, 0.6) is 5.75 Å². The van der Waals surface area contributed by atoms with Crippen LogP contribution in [0.3, 0.4) is 0 Å². The van der Waals surface area contributed by atoms with Gasteiger partial charge in [0.1, 0.15) is 11.6 Å². The Kier molecular flexibility index (Phi) is 4.36. The third kappa shape index (κ3) is 2.94. The summed E-state index contributed by atoms with van der Waals surface area (Å²) in [5.74, 6) is 1.36. The molecule has 26 heavy (non-hydrogen) atoms. The number of carbonyl (C=O) groups excluding carboxylic acids is 2. The van der Waals surface area contributed by atoms with Gasteiger partial charge in [0.25, 0.3) is 0 Å². The van der Waals surface area contributed by atoms with Gasteiger partial charge < -0.3 is 19.9 Å². The molecule has 0 spiro atoms. The average molecular weight is 354 g/mol. The Morgan fingerprint density at radius 1 is 1.31 bits per heavy atom. The molecule has 136 valence electrons. The van der Waals surface area contributed by atoms with E-state index in [0.717, 1.165) is 24.2 Å². The quantitative estimate of drug-likeness (QED) is 0.885. The number of hydrogen-bond acceptors (Lipinski definition) is 4. The normalized spacial score (nSPS) is 20.4. The molecule has 7 nitrogen and oxygen atoms in total. The van der Waals surface area contributed by atoms with Gasteiger partial charge in [-0.1, -0.05) is 12.1 Å². The standard InChI is InChI=1S/C19H22N4O3/c1-26-15-4-2-3-13-14(11-16(24)22-17(13)15)19(25)23-9-5-12(6-10-23)18-20-7-8-21-18/h2-4,7-8,12,14H,5-6,9-11H2,1H3,(H,20,21)(H,22,24)/t14-/m0/s1. The number of para-hydroxylation sites is 1. The van der Waals surface area contributed by atoms with Gasteiger partial charge >= 0.3 is 0 Å². The van der Waals surface area contributed by atoms with Crippen molar-refractivity contribution in [2.24, 2.45) is 0 Å².